The van der Waals surface area contributed by atoms with Gasteiger partial charge in [0.2, 0.25) is 0 Å². The average molecular weight is 664 g/mol. The molecule has 2 aromatic heterocycles. The van der Waals surface area contributed by atoms with Gasteiger partial charge in [-0.25, -0.2) is 0 Å². The summed E-state index contributed by atoms with van der Waals surface area (Å²) in [5.41, 5.74) is 2.62. The molecule has 6 nitrogen and oxygen atoms in total. The van der Waals surface area contributed by atoms with Gasteiger partial charge in [0.1, 0.15) is 0 Å². The molecule has 0 saturated carbocycles. The molecule has 28 heavy (non-hydrogen) atoms. The van der Waals surface area contributed by atoms with Crippen molar-refractivity contribution >= 4 is 21.6 Å². The molecular formula is C19H24N4O2VWY-2. The molecule has 0 unspecified atom stereocenters. The van der Waals surface area contributed by atoms with Gasteiger partial charge in [0.15, 0.2) is 0 Å². The first-order valence-electron chi connectivity index (χ1n) is 8.43. The van der Waals surface area contributed by atoms with Crippen molar-refractivity contribution in [2.45, 2.75) is 46.1 Å². The zero-order valence-electron chi connectivity index (χ0n) is 16.8. The SMILES string of the molecule is C=[C-]Nc1nc(C)nc2c1c([CH]=[V])c(C)n2[C@@H]1O[C@H]([CH2-])[C@@H](OC)C1(C)C.[W].[Y]. The minimum atomic E-state index is -0.283. The van der Waals surface area contributed by atoms with E-state index in [1.807, 2.05) is 11.7 Å². The number of rotatable bonds is 5. The summed E-state index contributed by atoms with van der Waals surface area (Å²) >= 11 is 2.50. The largest absolute Gasteiger partial charge is 0 e. The normalized spacial score (nSPS) is 23.0. The Hall–Kier alpha value is 0.327. The van der Waals surface area contributed by atoms with E-state index in [1.165, 1.54) is 0 Å². The zero-order valence-corrected chi connectivity index (χ0v) is 24.0. The van der Waals surface area contributed by atoms with Crippen LogP contribution in [0.25, 0.3) is 11.0 Å². The van der Waals surface area contributed by atoms with Crippen LogP contribution in [0.3, 0.4) is 0 Å². The molecule has 2 aromatic rings. The molecule has 1 aliphatic heterocycles. The van der Waals surface area contributed by atoms with E-state index in [-0.39, 0.29) is 77.6 Å². The van der Waals surface area contributed by atoms with Crippen molar-refractivity contribution in [3.63, 3.8) is 0 Å². The quantitative estimate of drug-likeness (QED) is 0.394. The molecule has 3 rings (SSSR count). The third-order valence-electron chi connectivity index (χ3n) is 5.09. The molecule has 1 aliphatic rings. The molecule has 0 aromatic carbocycles. The molecule has 1 saturated heterocycles. The second-order valence-electron chi connectivity index (χ2n) is 7.12. The van der Waals surface area contributed by atoms with Gasteiger partial charge in [-0.1, -0.05) is 0 Å². The van der Waals surface area contributed by atoms with E-state index >= 15 is 0 Å². The summed E-state index contributed by atoms with van der Waals surface area (Å²) in [5, 5.41) is 3.94. The summed E-state index contributed by atoms with van der Waals surface area (Å²) in [6.07, 6.45) is 2.08. The van der Waals surface area contributed by atoms with Crippen molar-refractivity contribution in [1.29, 1.82) is 0 Å². The van der Waals surface area contributed by atoms with E-state index in [0.29, 0.717) is 11.6 Å². The Kier molecular flexibility index (Phi) is 9.50. The number of anilines is 1. The topological polar surface area (TPSA) is 61.2 Å². The van der Waals surface area contributed by atoms with E-state index in [9.17, 15) is 0 Å². The van der Waals surface area contributed by atoms with Crippen LogP contribution in [0.4, 0.5) is 5.82 Å². The molecule has 3 atom stereocenters. The number of ether oxygens (including phenoxy) is 2. The Morgan fingerprint density at radius 1 is 1.39 bits per heavy atom. The number of hydrogen-bond acceptors (Lipinski definition) is 5. The number of aryl methyl sites for hydroxylation is 1. The molecule has 0 bridgehead atoms. The Morgan fingerprint density at radius 3 is 2.54 bits per heavy atom. The fraction of sp³-hybridized carbons (Fsp3) is 0.474. The first-order valence-corrected chi connectivity index (χ1v) is 9.24. The van der Waals surface area contributed by atoms with E-state index in [0.717, 1.165) is 22.3 Å². The molecule has 3 heterocycles. The molecule has 148 valence electrons. The van der Waals surface area contributed by atoms with Crippen LogP contribution in [0.5, 0.6) is 0 Å². The summed E-state index contributed by atoms with van der Waals surface area (Å²) in [4.78, 5) is 9.25. The van der Waals surface area contributed by atoms with Crippen LogP contribution < -0.4 is 5.32 Å². The molecule has 0 amide bonds. The summed E-state index contributed by atoms with van der Waals surface area (Å²) < 4.78 is 16.1. The van der Waals surface area contributed by atoms with Crippen molar-refractivity contribution in [3.05, 3.63) is 36.8 Å². The summed E-state index contributed by atoms with van der Waals surface area (Å²) in [6, 6.07) is 0. The van der Waals surface area contributed by atoms with Crippen molar-refractivity contribution in [2.75, 3.05) is 12.4 Å². The fourth-order valence-corrected chi connectivity index (χ4v) is 4.44. The second-order valence-corrected chi connectivity index (χ2v) is 7.53. The van der Waals surface area contributed by atoms with Crippen LogP contribution in [-0.2, 0) is 80.2 Å². The van der Waals surface area contributed by atoms with Gasteiger partial charge in [-0.2, -0.15) is 0 Å². The molecule has 1 N–H and O–H groups in total. The summed E-state index contributed by atoms with van der Waals surface area (Å²) in [6.45, 7) is 16.0. The molecule has 1 radical (unpaired) electrons. The maximum atomic E-state index is 6.25. The molecular weight excluding hydrogens is 640 g/mol. The first kappa shape index (κ1) is 26.4. The van der Waals surface area contributed by atoms with Crippen LogP contribution in [-0.4, -0.2) is 38.6 Å². The van der Waals surface area contributed by atoms with Gasteiger partial charge in [0, 0.05) is 53.8 Å². The molecule has 0 spiro atoms. The average Bonchev–Trinajstić information content (AvgIpc) is 2.96. The van der Waals surface area contributed by atoms with Crippen LogP contribution in [0, 0.1) is 32.4 Å². The third-order valence-corrected chi connectivity index (χ3v) is 5.49. The van der Waals surface area contributed by atoms with Gasteiger partial charge in [0.05, 0.1) is 0 Å². The number of fused-ring (bicyclic) bond motifs is 1. The van der Waals surface area contributed by atoms with Crippen LogP contribution in [0.15, 0.2) is 6.58 Å². The molecule has 1 fully saturated rings. The van der Waals surface area contributed by atoms with Gasteiger partial charge in [-0.15, -0.1) is 0 Å². The minimum absolute atomic E-state index is 0. The van der Waals surface area contributed by atoms with Crippen molar-refractivity contribution in [2.24, 2.45) is 5.41 Å². The minimum Gasteiger partial charge on any atom is 0 e. The molecule has 9 heteroatoms. The van der Waals surface area contributed by atoms with Crippen molar-refractivity contribution < 1.29 is 80.2 Å². The number of nitrogens with zero attached hydrogens (tertiary/aromatic N) is 3. The Labute approximate surface area is 215 Å². The van der Waals surface area contributed by atoms with Gasteiger partial charge < -0.3 is 0 Å². The first-order chi connectivity index (χ1) is 12.3. The Bertz CT molecular complexity index is 887. The van der Waals surface area contributed by atoms with E-state index < -0.39 is 0 Å². The predicted octanol–water partition coefficient (Wildman–Crippen LogP) is 2.87. The van der Waals surface area contributed by atoms with Gasteiger partial charge in [-0.05, 0) is 0 Å². The fourth-order valence-electron chi connectivity index (χ4n) is 3.95. The maximum absolute atomic E-state index is 6.25. The van der Waals surface area contributed by atoms with E-state index in [4.69, 9.17) is 14.5 Å². The van der Waals surface area contributed by atoms with Crippen molar-refractivity contribution in [3.8, 4) is 0 Å². The van der Waals surface area contributed by atoms with E-state index in [1.54, 1.807) is 7.11 Å². The zero-order chi connectivity index (χ0) is 19.2. The number of methoxy groups -OCH3 is 1. The Balaban J connectivity index is 0.00000196. The van der Waals surface area contributed by atoms with Gasteiger partial charge >= 0.3 is 163 Å². The maximum Gasteiger partial charge on any atom is 0 e. The smallest absolute Gasteiger partial charge is 0 e. The molecule has 0 aliphatic carbocycles. The number of nitrogens with one attached hydrogen (secondary N) is 1. The van der Waals surface area contributed by atoms with Crippen LogP contribution in [0.2, 0.25) is 0 Å². The van der Waals surface area contributed by atoms with E-state index in [2.05, 4.69) is 72.3 Å². The standard InChI is InChI=1S/C19H24N4O2.V.W.Y/c1-9-20-16-14-10(2)11(3)23(17(14)22-13(5)21-16)18-19(6,7)15(24-8)12(4)25-18;;;/h2,12,15,18H,1,4H2,3,5-8H3,(H,20,21,22);;;/q-2;;;/t12-,15-,18-;;;/m1.../s1. The van der Waals surface area contributed by atoms with Crippen LogP contribution in [0.1, 0.15) is 37.2 Å². The monoisotopic (exact) mass is 664 g/mol. The summed E-state index contributed by atoms with van der Waals surface area (Å²) in [5.74, 6) is 1.35. The predicted molar refractivity (Wildman–Crippen MR) is 98.5 cm³/mol. The third kappa shape index (κ3) is 4.21. The number of aromatic nitrogens is 3. The van der Waals surface area contributed by atoms with Gasteiger partial charge in [0.25, 0.3) is 0 Å². The Morgan fingerprint density at radius 2 is 2.04 bits per heavy atom. The second kappa shape index (κ2) is 10.1. The van der Waals surface area contributed by atoms with Crippen molar-refractivity contribution in [1.82, 2.24) is 14.5 Å². The van der Waals surface area contributed by atoms with Crippen LogP contribution >= 0.6 is 0 Å². The summed E-state index contributed by atoms with van der Waals surface area (Å²) in [7, 11) is 1.70. The van der Waals surface area contributed by atoms with Gasteiger partial charge in [-0.3, -0.25) is 0 Å². The number of hydrogen-bond donors (Lipinski definition) is 1.